The average Bonchev–Trinajstić information content (AvgIpc) is 2.41. The van der Waals surface area contributed by atoms with Crippen molar-refractivity contribution in [3.63, 3.8) is 0 Å². The molecule has 2 aromatic rings. The number of nitrogens with two attached hydrogens (primary N) is 2. The van der Waals surface area contributed by atoms with E-state index in [0.717, 1.165) is 11.3 Å². The van der Waals surface area contributed by atoms with Gasteiger partial charge in [0.25, 0.3) is 0 Å². The van der Waals surface area contributed by atoms with Crippen LogP contribution in [0.25, 0.3) is 0 Å². The lowest BCUT2D eigenvalue weighted by atomic mass is 10.2. The van der Waals surface area contributed by atoms with E-state index >= 15 is 0 Å². The third-order valence-electron chi connectivity index (χ3n) is 2.28. The van der Waals surface area contributed by atoms with E-state index in [1.165, 1.54) is 0 Å². The van der Waals surface area contributed by atoms with Gasteiger partial charge in [-0.25, -0.2) is 0 Å². The van der Waals surface area contributed by atoms with Gasteiger partial charge in [0.05, 0.1) is 11.4 Å². The zero-order chi connectivity index (χ0) is 13.4. The largest absolute Gasteiger partial charge is 0.399 e. The van der Waals surface area contributed by atoms with Crippen molar-refractivity contribution in [3.8, 4) is 0 Å². The van der Waals surface area contributed by atoms with Crippen LogP contribution in [0.5, 0.6) is 0 Å². The predicted molar refractivity (Wildman–Crippen MR) is 78.2 cm³/mol. The van der Waals surface area contributed by atoms with E-state index in [9.17, 15) is 0 Å². The van der Waals surface area contributed by atoms with Gasteiger partial charge in [-0.05, 0) is 29.8 Å². The second-order valence-corrected chi connectivity index (χ2v) is 3.56. The fourth-order valence-corrected chi connectivity index (χ4v) is 1.44. The Morgan fingerprint density at radius 1 is 1.17 bits per heavy atom. The topological polar surface area (TPSA) is 77.0 Å². The molecule has 1 aromatic heterocycles. The summed E-state index contributed by atoms with van der Waals surface area (Å²) in [4.78, 5) is 4.04. The van der Waals surface area contributed by atoms with Crippen molar-refractivity contribution >= 4 is 17.1 Å². The highest BCUT2D eigenvalue weighted by Crippen LogP contribution is 2.21. The highest BCUT2D eigenvalue weighted by Gasteiger charge is 1.99. The lowest BCUT2D eigenvalue weighted by molar-refractivity contribution is 1.11. The molecule has 0 saturated heterocycles. The first kappa shape index (κ1) is 13.8. The normalized spacial score (nSPS) is 9.22. The molecule has 0 aliphatic carbocycles. The van der Waals surface area contributed by atoms with Gasteiger partial charge in [0, 0.05) is 24.6 Å². The van der Waals surface area contributed by atoms with Crippen LogP contribution in [0.3, 0.4) is 0 Å². The summed E-state index contributed by atoms with van der Waals surface area (Å²) in [5.74, 6) is 0. The van der Waals surface area contributed by atoms with Gasteiger partial charge < -0.3 is 16.8 Å². The number of hydrogen-bond donors (Lipinski definition) is 3. The number of anilines is 3. The van der Waals surface area contributed by atoms with E-state index in [1.807, 2.05) is 44.3 Å². The summed E-state index contributed by atoms with van der Waals surface area (Å²) in [5.41, 5.74) is 14.8. The van der Waals surface area contributed by atoms with Gasteiger partial charge in [0.1, 0.15) is 0 Å². The van der Waals surface area contributed by atoms with Gasteiger partial charge in [-0.15, -0.1) is 0 Å². The number of benzene rings is 1. The van der Waals surface area contributed by atoms with Crippen LogP contribution in [-0.2, 0) is 6.54 Å². The second-order valence-electron chi connectivity index (χ2n) is 3.56. The summed E-state index contributed by atoms with van der Waals surface area (Å²) in [6.45, 7) is 4.70. The van der Waals surface area contributed by atoms with Gasteiger partial charge in [0.2, 0.25) is 0 Å². The van der Waals surface area contributed by atoms with Crippen LogP contribution in [0.2, 0.25) is 0 Å². The minimum absolute atomic E-state index is 0.656. The average molecular weight is 244 g/mol. The van der Waals surface area contributed by atoms with Crippen molar-refractivity contribution in [3.05, 3.63) is 48.3 Å². The summed E-state index contributed by atoms with van der Waals surface area (Å²) >= 11 is 0. The first-order chi connectivity index (χ1) is 8.75. The smallest absolute Gasteiger partial charge is 0.0578 e. The van der Waals surface area contributed by atoms with Crippen LogP contribution in [0.1, 0.15) is 19.4 Å². The Hall–Kier alpha value is -2.23. The summed E-state index contributed by atoms with van der Waals surface area (Å²) in [7, 11) is 0. The highest BCUT2D eigenvalue weighted by atomic mass is 14.9. The lowest BCUT2D eigenvalue weighted by Gasteiger charge is -2.09. The Labute approximate surface area is 108 Å². The third kappa shape index (κ3) is 3.97. The minimum atomic E-state index is 0.656. The molecule has 4 heteroatoms. The first-order valence-electron chi connectivity index (χ1n) is 6.03. The fourth-order valence-electron chi connectivity index (χ4n) is 1.44. The van der Waals surface area contributed by atoms with Crippen molar-refractivity contribution in [2.45, 2.75) is 20.4 Å². The molecule has 0 atom stereocenters. The zero-order valence-corrected chi connectivity index (χ0v) is 10.9. The van der Waals surface area contributed by atoms with Crippen molar-refractivity contribution in [1.29, 1.82) is 0 Å². The van der Waals surface area contributed by atoms with Crippen molar-refractivity contribution in [1.82, 2.24) is 4.98 Å². The maximum absolute atomic E-state index is 5.83. The molecule has 0 aliphatic rings. The Kier molecular flexibility index (Phi) is 5.51. The molecular formula is C14H20N4. The zero-order valence-electron chi connectivity index (χ0n) is 10.9. The van der Waals surface area contributed by atoms with Gasteiger partial charge in [0.15, 0.2) is 0 Å². The molecule has 1 heterocycles. The van der Waals surface area contributed by atoms with Crippen molar-refractivity contribution < 1.29 is 0 Å². The molecule has 0 saturated carbocycles. The summed E-state index contributed by atoms with van der Waals surface area (Å²) in [6.07, 6.45) is 3.57. The highest BCUT2D eigenvalue weighted by molar-refractivity contribution is 5.70. The maximum atomic E-state index is 5.83. The predicted octanol–water partition coefficient (Wildman–Crippen LogP) is 2.88. The number of rotatable bonds is 3. The van der Waals surface area contributed by atoms with Crippen LogP contribution >= 0.6 is 0 Å². The Morgan fingerprint density at radius 3 is 2.56 bits per heavy atom. The number of nitrogen functional groups attached to an aromatic ring is 2. The molecular weight excluding hydrogens is 224 g/mol. The number of hydrogen-bond acceptors (Lipinski definition) is 4. The first-order valence-corrected chi connectivity index (χ1v) is 6.03. The molecule has 0 radical (unpaired) electrons. The molecule has 2 rings (SSSR count). The maximum Gasteiger partial charge on any atom is 0.0578 e. The standard InChI is InChI=1S/C12H14N4.C2H6/c13-10-3-4-12(11(14)6-10)16-8-9-2-1-5-15-7-9;1-2/h1-7,16H,8,13-14H2;1-2H3. The molecule has 4 nitrogen and oxygen atoms in total. The molecule has 0 spiro atoms. The number of aromatic nitrogens is 1. The van der Waals surface area contributed by atoms with Crippen LogP contribution in [0, 0.1) is 0 Å². The molecule has 1 aromatic carbocycles. The van der Waals surface area contributed by atoms with Gasteiger partial charge in [-0.2, -0.15) is 0 Å². The van der Waals surface area contributed by atoms with E-state index in [-0.39, 0.29) is 0 Å². The summed E-state index contributed by atoms with van der Waals surface area (Å²) in [5, 5.41) is 3.24. The molecule has 0 amide bonds. The Morgan fingerprint density at radius 2 is 1.94 bits per heavy atom. The van der Waals surface area contributed by atoms with Crippen molar-refractivity contribution in [2.75, 3.05) is 16.8 Å². The molecule has 18 heavy (non-hydrogen) atoms. The number of pyridine rings is 1. The second kappa shape index (κ2) is 7.17. The Balaban J connectivity index is 0.000000771. The SMILES string of the molecule is CC.Nc1ccc(NCc2cccnc2)c(N)c1. The van der Waals surface area contributed by atoms with Gasteiger partial charge in [-0.1, -0.05) is 19.9 Å². The fraction of sp³-hybridized carbons (Fsp3) is 0.214. The lowest BCUT2D eigenvalue weighted by Crippen LogP contribution is -2.03. The van der Waals surface area contributed by atoms with E-state index in [2.05, 4.69) is 10.3 Å². The van der Waals surface area contributed by atoms with Crippen LogP contribution in [0.15, 0.2) is 42.7 Å². The third-order valence-corrected chi connectivity index (χ3v) is 2.28. The van der Waals surface area contributed by atoms with Gasteiger partial charge >= 0.3 is 0 Å². The Bertz CT molecular complexity index is 468. The summed E-state index contributed by atoms with van der Waals surface area (Å²) in [6, 6.07) is 9.35. The van der Waals surface area contributed by atoms with Crippen LogP contribution in [-0.4, -0.2) is 4.98 Å². The van der Waals surface area contributed by atoms with Crippen LogP contribution in [0.4, 0.5) is 17.1 Å². The quantitative estimate of drug-likeness (QED) is 0.725. The van der Waals surface area contributed by atoms with Crippen molar-refractivity contribution in [2.24, 2.45) is 0 Å². The molecule has 5 N–H and O–H groups in total. The van der Waals surface area contributed by atoms with E-state index in [4.69, 9.17) is 11.5 Å². The van der Waals surface area contributed by atoms with Gasteiger partial charge in [-0.3, -0.25) is 4.98 Å². The molecule has 0 bridgehead atoms. The van der Waals surface area contributed by atoms with Crippen LogP contribution < -0.4 is 16.8 Å². The minimum Gasteiger partial charge on any atom is -0.399 e. The number of nitrogens with zero attached hydrogens (tertiary/aromatic N) is 1. The molecule has 96 valence electrons. The monoisotopic (exact) mass is 244 g/mol. The van der Waals surface area contributed by atoms with E-state index < -0.39 is 0 Å². The molecule has 0 aliphatic heterocycles. The molecule has 0 unspecified atom stereocenters. The van der Waals surface area contributed by atoms with E-state index in [0.29, 0.717) is 17.9 Å². The van der Waals surface area contributed by atoms with E-state index in [1.54, 1.807) is 12.3 Å². The summed E-state index contributed by atoms with van der Waals surface area (Å²) < 4.78 is 0. The number of nitrogens with one attached hydrogen (secondary N) is 1. The molecule has 0 fully saturated rings.